The third kappa shape index (κ3) is 8.14. The zero-order chi connectivity index (χ0) is 25.6. The molecule has 2 rings (SSSR count). The summed E-state index contributed by atoms with van der Waals surface area (Å²) in [5.41, 5.74) is 0.696. The number of benzene rings is 2. The van der Waals surface area contributed by atoms with Crippen molar-refractivity contribution in [3.05, 3.63) is 63.9 Å². The van der Waals surface area contributed by atoms with Crippen LogP contribution in [-0.2, 0) is 26.2 Å². The van der Waals surface area contributed by atoms with Crippen LogP contribution in [0.1, 0.15) is 26.3 Å². The lowest BCUT2D eigenvalue weighted by molar-refractivity contribution is -0.139. The highest BCUT2D eigenvalue weighted by Gasteiger charge is 2.30. The Labute approximate surface area is 209 Å². The molecule has 0 aliphatic rings. The topological polar surface area (TPSA) is 86.8 Å². The number of nitrogens with one attached hydrogen (secondary N) is 1. The maximum atomic E-state index is 13.4. The lowest BCUT2D eigenvalue weighted by atomic mass is 10.1. The highest BCUT2D eigenvalue weighted by Crippen LogP contribution is 2.27. The van der Waals surface area contributed by atoms with E-state index >= 15 is 0 Å². The summed E-state index contributed by atoms with van der Waals surface area (Å²) in [4.78, 5) is 27.4. The first kappa shape index (κ1) is 27.9. The average molecular weight is 532 g/mol. The second kappa shape index (κ2) is 11.9. The smallest absolute Gasteiger partial charge is 0.244 e. The van der Waals surface area contributed by atoms with E-state index in [-0.39, 0.29) is 34.1 Å². The molecule has 7 nitrogen and oxygen atoms in total. The molecule has 1 atom stereocenters. The minimum atomic E-state index is -3.91. The SMILES string of the molecule is CC(C)CNC(=O)[C@@H](C)N(Cc1ccc(F)cc1)C(=O)CN(c1cc(Cl)cc(Cl)c1)S(C)(=O)=O. The molecule has 34 heavy (non-hydrogen) atoms. The zero-order valence-corrected chi connectivity index (χ0v) is 21.7. The number of sulfonamides is 1. The minimum absolute atomic E-state index is 0.0245. The van der Waals surface area contributed by atoms with E-state index in [1.54, 1.807) is 6.92 Å². The second-order valence-corrected chi connectivity index (χ2v) is 11.1. The number of carbonyl (C=O) groups excluding carboxylic acids is 2. The van der Waals surface area contributed by atoms with Crippen molar-refractivity contribution in [3.63, 3.8) is 0 Å². The molecule has 2 aromatic carbocycles. The summed E-state index contributed by atoms with van der Waals surface area (Å²) in [7, 11) is -3.91. The molecule has 0 bridgehead atoms. The number of hydrogen-bond acceptors (Lipinski definition) is 4. The Morgan fingerprint density at radius 2 is 1.59 bits per heavy atom. The highest BCUT2D eigenvalue weighted by atomic mass is 35.5. The molecule has 0 spiro atoms. The third-order valence-electron chi connectivity index (χ3n) is 4.93. The van der Waals surface area contributed by atoms with Crippen LogP contribution in [0.2, 0.25) is 10.0 Å². The number of anilines is 1. The Morgan fingerprint density at radius 1 is 1.03 bits per heavy atom. The molecule has 0 radical (unpaired) electrons. The molecule has 0 aliphatic carbocycles. The number of rotatable bonds is 10. The number of halogens is 3. The van der Waals surface area contributed by atoms with Crippen molar-refractivity contribution in [2.45, 2.75) is 33.4 Å². The molecule has 11 heteroatoms. The molecule has 186 valence electrons. The van der Waals surface area contributed by atoms with E-state index in [9.17, 15) is 22.4 Å². The summed E-state index contributed by atoms with van der Waals surface area (Å²) in [6.07, 6.45) is 0.957. The predicted octanol–water partition coefficient (Wildman–Crippen LogP) is 4.09. The third-order valence-corrected chi connectivity index (χ3v) is 6.51. The molecule has 0 aliphatic heterocycles. The van der Waals surface area contributed by atoms with E-state index in [0.717, 1.165) is 10.6 Å². The first-order valence-electron chi connectivity index (χ1n) is 10.5. The number of amides is 2. The average Bonchev–Trinajstić information content (AvgIpc) is 2.73. The van der Waals surface area contributed by atoms with Crippen LogP contribution in [0.4, 0.5) is 10.1 Å². The molecule has 0 aromatic heterocycles. The summed E-state index contributed by atoms with van der Waals surface area (Å²) in [6, 6.07) is 8.78. The first-order chi connectivity index (χ1) is 15.8. The molecule has 0 fully saturated rings. The van der Waals surface area contributed by atoms with Crippen molar-refractivity contribution in [1.82, 2.24) is 10.2 Å². The van der Waals surface area contributed by atoms with Gasteiger partial charge in [0.15, 0.2) is 0 Å². The fourth-order valence-corrected chi connectivity index (χ4v) is 4.47. The summed E-state index contributed by atoms with van der Waals surface area (Å²) >= 11 is 12.1. The van der Waals surface area contributed by atoms with Crippen LogP contribution < -0.4 is 9.62 Å². The second-order valence-electron chi connectivity index (χ2n) is 8.36. The van der Waals surface area contributed by atoms with Gasteiger partial charge in [0.25, 0.3) is 0 Å². The van der Waals surface area contributed by atoms with Crippen LogP contribution in [0.3, 0.4) is 0 Å². The van der Waals surface area contributed by atoms with Gasteiger partial charge in [-0.05, 0) is 48.7 Å². The molecule has 0 saturated carbocycles. The summed E-state index contributed by atoms with van der Waals surface area (Å²) in [5.74, 6) is -1.25. The lowest BCUT2D eigenvalue weighted by Crippen LogP contribution is -2.51. The molecule has 2 aromatic rings. The molecular formula is C23H28Cl2FN3O4S. The van der Waals surface area contributed by atoms with Gasteiger partial charge in [-0.1, -0.05) is 49.2 Å². The maximum absolute atomic E-state index is 13.4. The largest absolute Gasteiger partial charge is 0.354 e. The molecular weight excluding hydrogens is 504 g/mol. The van der Waals surface area contributed by atoms with Gasteiger partial charge in [-0.25, -0.2) is 12.8 Å². The van der Waals surface area contributed by atoms with Crippen LogP contribution in [0.25, 0.3) is 0 Å². The van der Waals surface area contributed by atoms with Gasteiger partial charge in [-0.2, -0.15) is 0 Å². The van der Waals surface area contributed by atoms with Crippen molar-refractivity contribution in [2.75, 3.05) is 23.7 Å². The Morgan fingerprint density at radius 3 is 2.09 bits per heavy atom. The Kier molecular flexibility index (Phi) is 9.73. The molecule has 0 heterocycles. The van der Waals surface area contributed by atoms with E-state index < -0.39 is 34.3 Å². The fraction of sp³-hybridized carbons (Fsp3) is 0.391. The van der Waals surface area contributed by atoms with Gasteiger partial charge in [0.2, 0.25) is 21.8 Å². The van der Waals surface area contributed by atoms with Gasteiger partial charge in [0.05, 0.1) is 11.9 Å². The molecule has 2 amide bonds. The van der Waals surface area contributed by atoms with Gasteiger partial charge in [-0.3, -0.25) is 13.9 Å². The van der Waals surface area contributed by atoms with Crippen molar-refractivity contribution >= 4 is 50.7 Å². The monoisotopic (exact) mass is 531 g/mol. The van der Waals surface area contributed by atoms with Crippen LogP contribution in [-0.4, -0.2) is 50.5 Å². The van der Waals surface area contributed by atoms with Gasteiger partial charge >= 0.3 is 0 Å². The lowest BCUT2D eigenvalue weighted by Gasteiger charge is -2.31. The van der Waals surface area contributed by atoms with Crippen molar-refractivity contribution in [3.8, 4) is 0 Å². The van der Waals surface area contributed by atoms with E-state index in [0.29, 0.717) is 12.1 Å². The van der Waals surface area contributed by atoms with Gasteiger partial charge in [0.1, 0.15) is 18.4 Å². The van der Waals surface area contributed by atoms with Gasteiger partial charge in [0, 0.05) is 23.1 Å². The molecule has 0 saturated heterocycles. The van der Waals surface area contributed by atoms with Crippen LogP contribution in [0, 0.1) is 11.7 Å². The van der Waals surface area contributed by atoms with E-state index in [4.69, 9.17) is 23.2 Å². The summed E-state index contributed by atoms with van der Waals surface area (Å²) in [5, 5.41) is 3.19. The van der Waals surface area contributed by atoms with E-state index in [2.05, 4.69) is 5.32 Å². The van der Waals surface area contributed by atoms with Crippen molar-refractivity contribution < 1.29 is 22.4 Å². The standard InChI is InChI=1S/C23H28Cl2FN3O4S/c1-15(2)12-27-23(31)16(3)28(13-17-5-7-20(26)8-6-17)22(30)14-29(34(4,32)33)21-10-18(24)9-19(25)11-21/h5-11,15-16H,12-14H2,1-4H3,(H,27,31)/t16-/m1/s1. The summed E-state index contributed by atoms with van der Waals surface area (Å²) in [6.45, 7) is 5.23. The summed E-state index contributed by atoms with van der Waals surface area (Å²) < 4.78 is 39.3. The number of carbonyl (C=O) groups is 2. The Bertz CT molecular complexity index is 1110. The first-order valence-corrected chi connectivity index (χ1v) is 13.1. The predicted molar refractivity (Wildman–Crippen MR) is 133 cm³/mol. The van der Waals surface area contributed by atoms with Crippen molar-refractivity contribution in [1.29, 1.82) is 0 Å². The van der Waals surface area contributed by atoms with Crippen LogP contribution >= 0.6 is 23.2 Å². The Hall–Kier alpha value is -2.36. The number of nitrogens with zero attached hydrogens (tertiary/aromatic N) is 2. The van der Waals surface area contributed by atoms with E-state index in [1.807, 2.05) is 13.8 Å². The van der Waals surface area contributed by atoms with Crippen molar-refractivity contribution in [2.24, 2.45) is 5.92 Å². The normalized spacial score (nSPS) is 12.4. The van der Waals surface area contributed by atoms with Gasteiger partial charge in [-0.15, -0.1) is 0 Å². The maximum Gasteiger partial charge on any atom is 0.244 e. The Balaban J connectivity index is 2.39. The minimum Gasteiger partial charge on any atom is -0.354 e. The fourth-order valence-electron chi connectivity index (χ4n) is 3.12. The quantitative estimate of drug-likeness (QED) is 0.500. The molecule has 1 N–H and O–H groups in total. The molecule has 0 unspecified atom stereocenters. The van der Waals surface area contributed by atoms with Crippen LogP contribution in [0.5, 0.6) is 0 Å². The van der Waals surface area contributed by atoms with Gasteiger partial charge < -0.3 is 10.2 Å². The highest BCUT2D eigenvalue weighted by molar-refractivity contribution is 7.92. The van der Waals surface area contributed by atoms with E-state index in [1.165, 1.54) is 47.4 Å². The zero-order valence-electron chi connectivity index (χ0n) is 19.4. The van der Waals surface area contributed by atoms with Crippen LogP contribution in [0.15, 0.2) is 42.5 Å². The number of hydrogen-bond donors (Lipinski definition) is 1.